The van der Waals surface area contributed by atoms with Crippen molar-refractivity contribution in [2.75, 3.05) is 25.0 Å². The second-order valence-electron chi connectivity index (χ2n) is 10.7. The zero-order chi connectivity index (χ0) is 26.9. The van der Waals surface area contributed by atoms with E-state index in [0.29, 0.717) is 5.92 Å². The first-order valence-electron chi connectivity index (χ1n) is 14.1. The molecular formula is C35H37FN2O. The zero-order valence-corrected chi connectivity index (χ0v) is 22.4. The number of carbonyl (C=O) groups is 1. The maximum Gasteiger partial charge on any atom is 0.227 e. The lowest BCUT2D eigenvalue weighted by atomic mass is 9.88. The Balaban J connectivity index is 1.13. The molecule has 0 aromatic heterocycles. The summed E-state index contributed by atoms with van der Waals surface area (Å²) in [7, 11) is 0. The highest BCUT2D eigenvalue weighted by molar-refractivity contribution is 5.92. The van der Waals surface area contributed by atoms with Crippen LogP contribution in [0.25, 0.3) is 0 Å². The molecule has 1 N–H and O–H groups in total. The Morgan fingerprint density at radius 2 is 1.36 bits per heavy atom. The Hall–Kier alpha value is -3.76. The topological polar surface area (TPSA) is 32.3 Å². The van der Waals surface area contributed by atoms with E-state index in [1.165, 1.54) is 28.8 Å². The third kappa shape index (κ3) is 7.87. The molecule has 0 aliphatic carbocycles. The van der Waals surface area contributed by atoms with Crippen molar-refractivity contribution in [3.8, 4) is 0 Å². The molecule has 1 amide bonds. The fraction of sp³-hybridized carbons (Fsp3) is 0.286. The van der Waals surface area contributed by atoms with Crippen LogP contribution in [0, 0.1) is 11.7 Å². The van der Waals surface area contributed by atoms with Crippen LogP contribution in [0.3, 0.4) is 0 Å². The molecule has 0 radical (unpaired) electrons. The molecule has 0 saturated carbocycles. The van der Waals surface area contributed by atoms with E-state index in [-0.39, 0.29) is 17.6 Å². The first-order chi connectivity index (χ1) is 19.1. The lowest BCUT2D eigenvalue weighted by Gasteiger charge is -2.33. The Bertz CT molecular complexity index is 1300. The number of nitrogens with one attached hydrogen (secondary N) is 1. The molecule has 1 aliphatic heterocycles. The highest BCUT2D eigenvalue weighted by atomic mass is 19.1. The van der Waals surface area contributed by atoms with Crippen LogP contribution in [-0.4, -0.2) is 30.4 Å². The van der Waals surface area contributed by atoms with E-state index in [1.807, 2.05) is 60.7 Å². The molecule has 1 aliphatic rings. The Morgan fingerprint density at radius 3 is 2.00 bits per heavy atom. The number of rotatable bonds is 10. The monoisotopic (exact) mass is 520 g/mol. The van der Waals surface area contributed by atoms with E-state index in [1.54, 1.807) is 0 Å². The van der Waals surface area contributed by atoms with E-state index in [2.05, 4.69) is 46.6 Å². The second-order valence-corrected chi connectivity index (χ2v) is 10.7. The normalized spacial score (nSPS) is 15.1. The fourth-order valence-electron chi connectivity index (χ4n) is 5.56. The molecule has 4 aromatic rings. The predicted octanol–water partition coefficient (Wildman–Crippen LogP) is 7.48. The van der Waals surface area contributed by atoms with Crippen molar-refractivity contribution in [3.05, 3.63) is 137 Å². The lowest BCUT2D eigenvalue weighted by molar-refractivity contribution is -0.120. The molecule has 200 valence electrons. The van der Waals surface area contributed by atoms with Gasteiger partial charge in [-0.1, -0.05) is 84.9 Å². The van der Waals surface area contributed by atoms with Crippen LogP contribution >= 0.6 is 0 Å². The van der Waals surface area contributed by atoms with Crippen LogP contribution in [-0.2, 0) is 17.6 Å². The number of amides is 1. The summed E-state index contributed by atoms with van der Waals surface area (Å²) in [6, 6.07) is 35.8. The summed E-state index contributed by atoms with van der Waals surface area (Å²) in [6.45, 7) is 3.05. The third-order valence-corrected chi connectivity index (χ3v) is 7.89. The maximum atomic E-state index is 13.2. The third-order valence-electron chi connectivity index (χ3n) is 7.89. The summed E-state index contributed by atoms with van der Waals surface area (Å²) in [5, 5.41) is 3.13. The number of anilines is 1. The van der Waals surface area contributed by atoms with Gasteiger partial charge in [-0.05, 0) is 104 Å². The largest absolute Gasteiger partial charge is 0.326 e. The minimum atomic E-state index is -0.192. The Morgan fingerprint density at radius 1 is 0.769 bits per heavy atom. The summed E-state index contributed by atoms with van der Waals surface area (Å²) < 4.78 is 13.2. The first-order valence-corrected chi connectivity index (χ1v) is 14.1. The van der Waals surface area contributed by atoms with Gasteiger partial charge in [0.1, 0.15) is 5.82 Å². The van der Waals surface area contributed by atoms with Gasteiger partial charge in [-0.25, -0.2) is 4.39 Å². The summed E-state index contributed by atoms with van der Waals surface area (Å²) in [5.41, 5.74) is 5.83. The van der Waals surface area contributed by atoms with Gasteiger partial charge in [-0.15, -0.1) is 0 Å². The van der Waals surface area contributed by atoms with Gasteiger partial charge in [0.25, 0.3) is 0 Å². The number of nitrogens with zero attached hydrogens (tertiary/aromatic N) is 1. The molecule has 3 nitrogen and oxygen atoms in total. The molecule has 4 aromatic carbocycles. The number of hydrogen-bond acceptors (Lipinski definition) is 2. The predicted molar refractivity (Wildman–Crippen MR) is 157 cm³/mol. The smallest absolute Gasteiger partial charge is 0.227 e. The van der Waals surface area contributed by atoms with Crippen molar-refractivity contribution >= 4 is 11.6 Å². The minimum Gasteiger partial charge on any atom is -0.326 e. The van der Waals surface area contributed by atoms with Crippen molar-refractivity contribution in [3.63, 3.8) is 0 Å². The molecule has 1 saturated heterocycles. The summed E-state index contributed by atoms with van der Waals surface area (Å²) in [6.07, 6.45) is 4.69. The molecule has 0 bridgehead atoms. The van der Waals surface area contributed by atoms with Crippen LogP contribution in [0.1, 0.15) is 47.4 Å². The molecule has 1 atom stereocenters. The molecule has 5 rings (SSSR count). The molecule has 0 spiro atoms. The Labute approximate surface area is 231 Å². The molecule has 1 heterocycles. The number of piperidine rings is 1. The Kier molecular flexibility index (Phi) is 9.18. The summed E-state index contributed by atoms with van der Waals surface area (Å²) in [5.74, 6) is 0.407. The number of benzene rings is 4. The van der Waals surface area contributed by atoms with Gasteiger partial charge >= 0.3 is 0 Å². The van der Waals surface area contributed by atoms with Gasteiger partial charge in [-0.3, -0.25) is 4.79 Å². The molecule has 1 unspecified atom stereocenters. The standard InChI is InChI=1S/C35H37FN2O/c36-33-17-13-29(14-18-33)25-28-11-15-30(16-12-28)31-19-22-38(23-20-31)24-21-32(26-27-7-3-1-4-8-27)35(39)37-34-9-5-2-6-10-34/h1-18,31-32H,19-26H2,(H,37,39). The van der Waals surface area contributed by atoms with Crippen LogP contribution in [0.15, 0.2) is 109 Å². The number of halogens is 1. The average Bonchev–Trinajstić information content (AvgIpc) is 2.98. The average molecular weight is 521 g/mol. The van der Waals surface area contributed by atoms with Crippen molar-refractivity contribution in [1.29, 1.82) is 0 Å². The highest BCUT2D eigenvalue weighted by Crippen LogP contribution is 2.29. The van der Waals surface area contributed by atoms with Crippen LogP contribution in [0.2, 0.25) is 0 Å². The molecular weight excluding hydrogens is 483 g/mol. The van der Waals surface area contributed by atoms with Gasteiger partial charge in [0, 0.05) is 11.6 Å². The quantitative estimate of drug-likeness (QED) is 0.235. The summed E-state index contributed by atoms with van der Waals surface area (Å²) in [4.78, 5) is 15.8. The minimum absolute atomic E-state index is 0.0704. The molecule has 4 heteroatoms. The van der Waals surface area contributed by atoms with E-state index >= 15 is 0 Å². The van der Waals surface area contributed by atoms with Crippen LogP contribution < -0.4 is 5.32 Å². The fourth-order valence-corrected chi connectivity index (χ4v) is 5.56. The van der Waals surface area contributed by atoms with E-state index in [4.69, 9.17) is 0 Å². The van der Waals surface area contributed by atoms with Crippen molar-refractivity contribution < 1.29 is 9.18 Å². The van der Waals surface area contributed by atoms with Crippen molar-refractivity contribution in [2.45, 2.75) is 38.0 Å². The van der Waals surface area contributed by atoms with E-state index in [9.17, 15) is 9.18 Å². The summed E-state index contributed by atoms with van der Waals surface area (Å²) >= 11 is 0. The molecule has 1 fully saturated rings. The SMILES string of the molecule is O=C(Nc1ccccc1)C(CCN1CCC(c2ccc(Cc3ccc(F)cc3)cc2)CC1)Cc1ccccc1. The van der Waals surface area contributed by atoms with Crippen LogP contribution in [0.4, 0.5) is 10.1 Å². The number of likely N-dealkylation sites (tertiary alicyclic amines) is 1. The second kappa shape index (κ2) is 13.3. The van der Waals surface area contributed by atoms with E-state index < -0.39 is 0 Å². The number of hydrogen-bond donors (Lipinski definition) is 1. The van der Waals surface area contributed by atoms with Gasteiger partial charge in [0.2, 0.25) is 5.91 Å². The lowest BCUT2D eigenvalue weighted by Crippen LogP contribution is -2.36. The van der Waals surface area contributed by atoms with Gasteiger partial charge in [-0.2, -0.15) is 0 Å². The van der Waals surface area contributed by atoms with Gasteiger partial charge in [0.05, 0.1) is 0 Å². The van der Waals surface area contributed by atoms with E-state index in [0.717, 1.165) is 63.0 Å². The molecule has 39 heavy (non-hydrogen) atoms. The zero-order valence-electron chi connectivity index (χ0n) is 22.4. The highest BCUT2D eigenvalue weighted by Gasteiger charge is 2.24. The van der Waals surface area contributed by atoms with Crippen molar-refractivity contribution in [2.24, 2.45) is 5.92 Å². The van der Waals surface area contributed by atoms with Gasteiger partial charge in [0.15, 0.2) is 0 Å². The van der Waals surface area contributed by atoms with Crippen LogP contribution in [0.5, 0.6) is 0 Å². The maximum absolute atomic E-state index is 13.2. The van der Waals surface area contributed by atoms with Crippen molar-refractivity contribution in [1.82, 2.24) is 4.90 Å². The number of carbonyl (C=O) groups excluding carboxylic acids is 1. The first kappa shape index (κ1) is 26.8. The van der Waals surface area contributed by atoms with Gasteiger partial charge < -0.3 is 10.2 Å². The number of para-hydroxylation sites is 1.